The topological polar surface area (TPSA) is 73.4 Å². The van der Waals surface area contributed by atoms with Crippen LogP contribution in [-0.2, 0) is 11.3 Å². The lowest BCUT2D eigenvalue weighted by atomic mass is 10.0. The highest BCUT2D eigenvalue weighted by atomic mass is 16.3. The molecule has 1 heterocycles. The van der Waals surface area contributed by atoms with Crippen LogP contribution in [0.25, 0.3) is 0 Å². The van der Waals surface area contributed by atoms with Crippen molar-refractivity contribution in [1.82, 2.24) is 5.32 Å². The van der Waals surface area contributed by atoms with Crippen LogP contribution in [0.5, 0.6) is 0 Å². The number of aryl methyl sites for hydroxylation is 1. The van der Waals surface area contributed by atoms with Gasteiger partial charge in [-0.3, -0.25) is 4.79 Å². The van der Waals surface area contributed by atoms with Crippen LogP contribution in [0, 0.1) is 0 Å². The zero-order valence-corrected chi connectivity index (χ0v) is 26.2. The maximum absolute atomic E-state index is 12.3. The van der Waals surface area contributed by atoms with Crippen LogP contribution in [0.15, 0.2) is 30.6 Å². The Kier molecular flexibility index (Phi) is 25.3. The average Bonchev–Trinajstić information content (AvgIpc) is 2.97. The lowest BCUT2D eigenvalue weighted by Gasteiger charge is -2.22. The first-order valence-corrected chi connectivity index (χ1v) is 17.2. The molecule has 0 spiro atoms. The molecule has 0 saturated carbocycles. The van der Waals surface area contributed by atoms with Gasteiger partial charge < -0.3 is 15.5 Å². The molecule has 1 rings (SSSR count). The molecule has 232 valence electrons. The number of aliphatic hydroxyl groups is 2. The average molecular weight is 562 g/mol. The standard InChI is InChI=1S/C35H64N2O3/c1-2-3-4-5-6-7-8-9-10-12-15-18-22-27-34(39)33(32-38)36-35(40)28-23-19-16-13-11-14-17-20-24-29-37-30-25-21-26-31-37/h21,25-26,30-31,33-34,38-39H,2-20,22-24,27-29,32H2,1H3/p+1/t33-,34+/m0/s1. The van der Waals surface area contributed by atoms with Gasteiger partial charge in [0.25, 0.3) is 0 Å². The number of nitrogens with one attached hydrogen (secondary N) is 1. The molecule has 0 radical (unpaired) electrons. The fourth-order valence-corrected chi connectivity index (χ4v) is 5.52. The summed E-state index contributed by atoms with van der Waals surface area (Å²) in [6.07, 6.45) is 32.4. The molecule has 3 N–H and O–H groups in total. The van der Waals surface area contributed by atoms with E-state index in [1.54, 1.807) is 0 Å². The van der Waals surface area contributed by atoms with E-state index in [0.29, 0.717) is 12.8 Å². The minimum absolute atomic E-state index is 0.0419. The summed E-state index contributed by atoms with van der Waals surface area (Å²) < 4.78 is 2.25. The highest BCUT2D eigenvalue weighted by Crippen LogP contribution is 2.15. The maximum Gasteiger partial charge on any atom is 0.220 e. The van der Waals surface area contributed by atoms with Gasteiger partial charge >= 0.3 is 0 Å². The quantitative estimate of drug-likeness (QED) is 0.0682. The fourth-order valence-electron chi connectivity index (χ4n) is 5.52. The van der Waals surface area contributed by atoms with E-state index in [4.69, 9.17) is 0 Å². The number of carbonyl (C=O) groups is 1. The summed E-state index contributed by atoms with van der Waals surface area (Å²) in [4.78, 5) is 12.3. The molecule has 0 bridgehead atoms. The van der Waals surface area contributed by atoms with Gasteiger partial charge in [0, 0.05) is 25.0 Å². The molecule has 1 aromatic rings. The Bertz CT molecular complexity index is 670. The summed E-state index contributed by atoms with van der Waals surface area (Å²) in [6.45, 7) is 3.18. The van der Waals surface area contributed by atoms with Crippen molar-refractivity contribution >= 4 is 5.91 Å². The van der Waals surface area contributed by atoms with Gasteiger partial charge in [0.15, 0.2) is 12.4 Å². The number of nitrogens with zero attached hydrogens (tertiary/aromatic N) is 1. The predicted molar refractivity (Wildman–Crippen MR) is 168 cm³/mol. The molecule has 1 aromatic heterocycles. The highest BCUT2D eigenvalue weighted by molar-refractivity contribution is 5.76. The lowest BCUT2D eigenvalue weighted by Crippen LogP contribution is -2.45. The van der Waals surface area contributed by atoms with Crippen LogP contribution in [-0.4, -0.2) is 34.9 Å². The largest absolute Gasteiger partial charge is 0.394 e. The molecule has 0 saturated heterocycles. The van der Waals surface area contributed by atoms with E-state index in [-0.39, 0.29) is 12.5 Å². The normalized spacial score (nSPS) is 12.9. The molecular weight excluding hydrogens is 496 g/mol. The number of pyridine rings is 1. The third-order valence-corrected chi connectivity index (χ3v) is 8.21. The Morgan fingerprint density at radius 1 is 0.650 bits per heavy atom. The first-order valence-electron chi connectivity index (χ1n) is 17.2. The van der Waals surface area contributed by atoms with E-state index < -0.39 is 12.1 Å². The van der Waals surface area contributed by atoms with Gasteiger partial charge in [-0.1, -0.05) is 135 Å². The van der Waals surface area contributed by atoms with E-state index in [1.165, 1.54) is 116 Å². The molecule has 0 fully saturated rings. The molecule has 40 heavy (non-hydrogen) atoms. The molecule has 0 unspecified atom stereocenters. The summed E-state index contributed by atoms with van der Waals surface area (Å²) in [5.74, 6) is -0.0419. The third-order valence-electron chi connectivity index (χ3n) is 8.21. The SMILES string of the molecule is CCCCCCCCCCCCCCC[C@@H](O)[C@H](CO)NC(=O)CCCCCCCCCCC[n+]1ccccc1. The second-order valence-electron chi connectivity index (χ2n) is 12.0. The smallest absolute Gasteiger partial charge is 0.220 e. The van der Waals surface area contributed by atoms with Crippen LogP contribution in [0.3, 0.4) is 0 Å². The van der Waals surface area contributed by atoms with Crippen molar-refractivity contribution in [3.8, 4) is 0 Å². The molecule has 0 aromatic carbocycles. The summed E-state index contributed by atoms with van der Waals surface area (Å²) in [5, 5.41) is 23.0. The summed E-state index contributed by atoms with van der Waals surface area (Å²) in [6, 6.07) is 5.69. The first kappa shape index (κ1) is 36.6. The minimum Gasteiger partial charge on any atom is -0.394 e. The molecule has 5 heteroatoms. The van der Waals surface area contributed by atoms with Crippen molar-refractivity contribution in [3.63, 3.8) is 0 Å². The molecule has 5 nitrogen and oxygen atoms in total. The Balaban J connectivity index is 1.90. The Morgan fingerprint density at radius 3 is 1.60 bits per heavy atom. The third kappa shape index (κ3) is 22.3. The summed E-state index contributed by atoms with van der Waals surface area (Å²) in [5.41, 5.74) is 0. The van der Waals surface area contributed by atoms with E-state index in [9.17, 15) is 15.0 Å². The van der Waals surface area contributed by atoms with Gasteiger partial charge in [-0.25, -0.2) is 4.57 Å². The minimum atomic E-state index is -0.659. The van der Waals surface area contributed by atoms with Gasteiger partial charge in [-0.2, -0.15) is 0 Å². The fraction of sp³-hybridized carbons (Fsp3) is 0.829. The van der Waals surface area contributed by atoms with E-state index in [1.807, 2.05) is 0 Å². The van der Waals surface area contributed by atoms with Crippen molar-refractivity contribution in [3.05, 3.63) is 30.6 Å². The molecule has 0 aliphatic rings. The second kappa shape index (κ2) is 27.7. The highest BCUT2D eigenvalue weighted by Gasteiger charge is 2.19. The molecule has 0 aliphatic heterocycles. The van der Waals surface area contributed by atoms with Crippen LogP contribution >= 0.6 is 0 Å². The predicted octanol–water partition coefficient (Wildman–Crippen LogP) is 8.19. The van der Waals surface area contributed by atoms with E-state index in [0.717, 1.165) is 32.2 Å². The van der Waals surface area contributed by atoms with Crippen LogP contribution in [0.2, 0.25) is 0 Å². The van der Waals surface area contributed by atoms with Crippen LogP contribution in [0.4, 0.5) is 0 Å². The first-order chi connectivity index (χ1) is 19.7. The number of rotatable bonds is 29. The van der Waals surface area contributed by atoms with Gasteiger partial charge in [-0.05, 0) is 19.3 Å². The van der Waals surface area contributed by atoms with Crippen LogP contribution in [0.1, 0.15) is 161 Å². The number of carbonyl (C=O) groups excluding carboxylic acids is 1. The van der Waals surface area contributed by atoms with Crippen molar-refractivity contribution in [2.75, 3.05) is 6.61 Å². The number of aliphatic hydroxyl groups excluding tert-OH is 2. The van der Waals surface area contributed by atoms with Gasteiger partial charge in [0.2, 0.25) is 5.91 Å². The molecule has 0 aliphatic carbocycles. The molecule has 1 amide bonds. The monoisotopic (exact) mass is 561 g/mol. The number of aromatic nitrogens is 1. The van der Waals surface area contributed by atoms with Gasteiger partial charge in [-0.15, -0.1) is 0 Å². The van der Waals surface area contributed by atoms with Crippen molar-refractivity contribution in [2.24, 2.45) is 0 Å². The molecule has 2 atom stereocenters. The Morgan fingerprint density at radius 2 is 1.10 bits per heavy atom. The lowest BCUT2D eigenvalue weighted by molar-refractivity contribution is -0.697. The molecular formula is C35H65N2O3+. The Labute approximate surface area is 247 Å². The van der Waals surface area contributed by atoms with Gasteiger partial charge in [0.05, 0.1) is 18.8 Å². The van der Waals surface area contributed by atoms with Crippen molar-refractivity contribution in [2.45, 2.75) is 180 Å². The van der Waals surface area contributed by atoms with E-state index >= 15 is 0 Å². The zero-order chi connectivity index (χ0) is 28.9. The number of amides is 1. The second-order valence-corrected chi connectivity index (χ2v) is 12.0. The number of hydrogen-bond acceptors (Lipinski definition) is 3. The Hall–Kier alpha value is -1.46. The maximum atomic E-state index is 12.3. The van der Waals surface area contributed by atoms with Crippen molar-refractivity contribution in [1.29, 1.82) is 0 Å². The van der Waals surface area contributed by atoms with Crippen LogP contribution < -0.4 is 9.88 Å². The number of unbranched alkanes of at least 4 members (excludes halogenated alkanes) is 20. The summed E-state index contributed by atoms with van der Waals surface area (Å²) in [7, 11) is 0. The van der Waals surface area contributed by atoms with Crippen molar-refractivity contribution < 1.29 is 19.6 Å². The number of hydrogen-bond donors (Lipinski definition) is 3. The zero-order valence-electron chi connectivity index (χ0n) is 26.2. The van der Waals surface area contributed by atoms with E-state index in [2.05, 4.69) is 47.4 Å². The van der Waals surface area contributed by atoms with Gasteiger partial charge in [0.1, 0.15) is 6.54 Å². The summed E-state index contributed by atoms with van der Waals surface area (Å²) >= 11 is 0.